The number of amides is 1. The molecule has 1 rings (SSSR count). The van der Waals surface area contributed by atoms with Crippen LogP contribution in [0.25, 0.3) is 0 Å². The number of benzene rings is 1. The molecule has 0 radical (unpaired) electrons. The minimum Gasteiger partial charge on any atom is -0.368 e. The average molecular weight is 182 g/mol. The van der Waals surface area contributed by atoms with Gasteiger partial charge in [0.05, 0.1) is 0 Å². The molecule has 1 aromatic rings. The third kappa shape index (κ3) is 2.26. The Bertz CT molecular complexity index is 289. The molecule has 0 aliphatic heterocycles. The molecule has 70 valence electrons. The minimum atomic E-state index is -1.53. The molecule has 0 aliphatic carbocycles. The van der Waals surface area contributed by atoms with Crippen molar-refractivity contribution in [3.8, 4) is 0 Å². The van der Waals surface area contributed by atoms with E-state index in [-0.39, 0.29) is 0 Å². The summed E-state index contributed by atoms with van der Waals surface area (Å²) < 4.78 is 13.4. The molecular formula is C9H11FN2O. The van der Waals surface area contributed by atoms with E-state index in [0.717, 1.165) is 0 Å². The Morgan fingerprint density at radius 2 is 1.85 bits per heavy atom. The molecule has 0 fully saturated rings. The zero-order valence-corrected chi connectivity index (χ0v) is 6.98. The van der Waals surface area contributed by atoms with Gasteiger partial charge in [0.2, 0.25) is 5.91 Å². The normalized spacial score (nSPS) is 14.9. The predicted molar refractivity (Wildman–Crippen MR) is 47.5 cm³/mol. The van der Waals surface area contributed by atoms with Gasteiger partial charge >= 0.3 is 0 Å². The van der Waals surface area contributed by atoms with Gasteiger partial charge in [-0.1, -0.05) is 30.3 Å². The van der Waals surface area contributed by atoms with Gasteiger partial charge in [-0.25, -0.2) is 4.39 Å². The van der Waals surface area contributed by atoms with Gasteiger partial charge in [-0.3, -0.25) is 4.79 Å². The van der Waals surface area contributed by atoms with Crippen LogP contribution in [0.15, 0.2) is 30.3 Å². The van der Waals surface area contributed by atoms with Crippen LogP contribution in [0.3, 0.4) is 0 Å². The zero-order chi connectivity index (χ0) is 9.84. The van der Waals surface area contributed by atoms with Crippen LogP contribution in [-0.2, 0) is 4.79 Å². The molecule has 0 saturated heterocycles. The van der Waals surface area contributed by atoms with Gasteiger partial charge in [-0.2, -0.15) is 0 Å². The van der Waals surface area contributed by atoms with Gasteiger partial charge < -0.3 is 11.5 Å². The minimum absolute atomic E-state index is 0.369. The number of hydrogen-bond acceptors (Lipinski definition) is 2. The van der Waals surface area contributed by atoms with Crippen LogP contribution in [0.4, 0.5) is 4.39 Å². The Hall–Kier alpha value is -1.42. The van der Waals surface area contributed by atoms with Crippen molar-refractivity contribution in [2.24, 2.45) is 11.5 Å². The number of carbonyl (C=O) groups is 1. The van der Waals surface area contributed by atoms with Crippen LogP contribution < -0.4 is 11.5 Å². The summed E-state index contributed by atoms with van der Waals surface area (Å²) in [4.78, 5) is 10.6. The van der Waals surface area contributed by atoms with Crippen LogP contribution in [0, 0.1) is 0 Å². The first kappa shape index (κ1) is 9.67. The van der Waals surface area contributed by atoms with Crippen molar-refractivity contribution < 1.29 is 9.18 Å². The lowest BCUT2D eigenvalue weighted by atomic mass is 10.0. The Balaban J connectivity index is 2.79. The van der Waals surface area contributed by atoms with Crippen LogP contribution in [0.2, 0.25) is 0 Å². The number of alkyl halides is 1. The van der Waals surface area contributed by atoms with Crippen molar-refractivity contribution >= 4 is 5.91 Å². The maximum Gasteiger partial charge on any atom is 0.237 e. The van der Waals surface area contributed by atoms with E-state index in [1.165, 1.54) is 0 Å². The highest BCUT2D eigenvalue weighted by molar-refractivity contribution is 5.80. The van der Waals surface area contributed by atoms with Gasteiger partial charge in [-0.05, 0) is 5.56 Å². The number of carbonyl (C=O) groups excluding carboxylic acids is 1. The molecule has 0 aromatic heterocycles. The Labute approximate surface area is 75.5 Å². The quantitative estimate of drug-likeness (QED) is 0.715. The van der Waals surface area contributed by atoms with Crippen molar-refractivity contribution in [2.75, 3.05) is 0 Å². The molecule has 0 spiro atoms. The fraction of sp³-hybridized carbons (Fsp3) is 0.222. The van der Waals surface area contributed by atoms with E-state index in [4.69, 9.17) is 11.5 Å². The van der Waals surface area contributed by atoms with Crippen molar-refractivity contribution in [2.45, 2.75) is 12.2 Å². The molecule has 1 aromatic carbocycles. The second kappa shape index (κ2) is 4.00. The fourth-order valence-corrected chi connectivity index (χ4v) is 0.988. The highest BCUT2D eigenvalue weighted by Crippen LogP contribution is 2.19. The smallest absolute Gasteiger partial charge is 0.237 e. The molecule has 4 N–H and O–H groups in total. The molecule has 2 atom stereocenters. The highest BCUT2D eigenvalue weighted by atomic mass is 19.1. The van der Waals surface area contributed by atoms with E-state index >= 15 is 0 Å². The SMILES string of the molecule is NC(=O)C(N)C(F)c1ccccc1. The molecule has 0 aliphatic rings. The van der Waals surface area contributed by atoms with Crippen LogP contribution in [0.1, 0.15) is 11.7 Å². The molecule has 13 heavy (non-hydrogen) atoms. The molecule has 2 unspecified atom stereocenters. The Morgan fingerprint density at radius 1 is 1.31 bits per heavy atom. The molecule has 4 heteroatoms. The first-order valence-electron chi connectivity index (χ1n) is 3.87. The first-order chi connectivity index (χ1) is 6.13. The average Bonchev–Trinajstić information content (AvgIpc) is 2.17. The van der Waals surface area contributed by atoms with Crippen molar-refractivity contribution in [1.82, 2.24) is 0 Å². The van der Waals surface area contributed by atoms with E-state index in [9.17, 15) is 9.18 Å². The Kier molecular flexibility index (Phi) is 2.97. The summed E-state index contributed by atoms with van der Waals surface area (Å²) in [6.45, 7) is 0. The van der Waals surface area contributed by atoms with Crippen LogP contribution in [0.5, 0.6) is 0 Å². The van der Waals surface area contributed by atoms with E-state index in [0.29, 0.717) is 5.56 Å². The monoisotopic (exact) mass is 182 g/mol. The van der Waals surface area contributed by atoms with Crippen LogP contribution >= 0.6 is 0 Å². The van der Waals surface area contributed by atoms with E-state index in [1.54, 1.807) is 30.3 Å². The number of nitrogens with two attached hydrogens (primary N) is 2. The summed E-state index contributed by atoms with van der Waals surface area (Å²) in [5.74, 6) is -0.837. The molecule has 0 saturated carbocycles. The highest BCUT2D eigenvalue weighted by Gasteiger charge is 2.23. The second-order valence-corrected chi connectivity index (χ2v) is 2.74. The number of primary amides is 1. The molecule has 3 nitrogen and oxygen atoms in total. The summed E-state index contributed by atoms with van der Waals surface area (Å²) >= 11 is 0. The summed E-state index contributed by atoms with van der Waals surface area (Å²) in [5.41, 5.74) is 10.5. The summed E-state index contributed by atoms with van der Waals surface area (Å²) in [6.07, 6.45) is -1.53. The first-order valence-corrected chi connectivity index (χ1v) is 3.87. The lowest BCUT2D eigenvalue weighted by Gasteiger charge is -2.12. The largest absolute Gasteiger partial charge is 0.368 e. The van der Waals surface area contributed by atoms with E-state index in [1.807, 2.05) is 0 Å². The van der Waals surface area contributed by atoms with Gasteiger partial charge in [0.15, 0.2) is 0 Å². The zero-order valence-electron chi connectivity index (χ0n) is 6.98. The number of halogens is 1. The maximum atomic E-state index is 13.4. The van der Waals surface area contributed by atoms with Crippen molar-refractivity contribution in [1.29, 1.82) is 0 Å². The summed E-state index contributed by atoms with van der Waals surface area (Å²) in [7, 11) is 0. The standard InChI is InChI=1S/C9H11FN2O/c10-7(8(11)9(12)13)6-4-2-1-3-5-6/h1-5,7-8H,11H2,(H2,12,13). The number of rotatable bonds is 3. The molecule has 1 amide bonds. The third-order valence-electron chi connectivity index (χ3n) is 1.76. The van der Waals surface area contributed by atoms with E-state index in [2.05, 4.69) is 0 Å². The summed E-state index contributed by atoms with van der Waals surface area (Å²) in [5, 5.41) is 0. The van der Waals surface area contributed by atoms with E-state index < -0.39 is 18.1 Å². The topological polar surface area (TPSA) is 69.1 Å². The summed E-state index contributed by atoms with van der Waals surface area (Å²) in [6, 6.07) is 6.96. The predicted octanol–water partition coefficient (Wildman–Crippen LogP) is 0.510. The molecule has 0 bridgehead atoms. The third-order valence-corrected chi connectivity index (χ3v) is 1.76. The van der Waals surface area contributed by atoms with Gasteiger partial charge in [-0.15, -0.1) is 0 Å². The van der Waals surface area contributed by atoms with Crippen molar-refractivity contribution in [3.63, 3.8) is 0 Å². The molecule has 0 heterocycles. The Morgan fingerprint density at radius 3 is 2.31 bits per heavy atom. The van der Waals surface area contributed by atoms with Crippen molar-refractivity contribution in [3.05, 3.63) is 35.9 Å². The number of hydrogen-bond donors (Lipinski definition) is 2. The molecular weight excluding hydrogens is 171 g/mol. The van der Waals surface area contributed by atoms with Gasteiger partial charge in [0.25, 0.3) is 0 Å². The van der Waals surface area contributed by atoms with Gasteiger partial charge in [0.1, 0.15) is 12.2 Å². The lowest BCUT2D eigenvalue weighted by Crippen LogP contribution is -2.39. The lowest BCUT2D eigenvalue weighted by molar-refractivity contribution is -0.120. The fourth-order valence-electron chi connectivity index (χ4n) is 0.988. The van der Waals surface area contributed by atoms with Gasteiger partial charge in [0, 0.05) is 0 Å². The maximum absolute atomic E-state index is 13.4. The van der Waals surface area contributed by atoms with Crippen LogP contribution in [-0.4, -0.2) is 11.9 Å². The second-order valence-electron chi connectivity index (χ2n) is 2.74.